The highest BCUT2D eigenvalue weighted by Crippen LogP contribution is 2.45. The Hall–Kier alpha value is -2.66. The molecule has 1 saturated carbocycles. The van der Waals surface area contributed by atoms with Crippen LogP contribution in [0, 0.1) is 5.41 Å². The zero-order valence-corrected chi connectivity index (χ0v) is 14.4. The molecule has 0 radical (unpaired) electrons. The Bertz CT molecular complexity index is 737. The number of nitrogens with one attached hydrogen (secondary N) is 1. The van der Waals surface area contributed by atoms with Crippen LogP contribution in [-0.4, -0.2) is 41.2 Å². The first-order valence-electron chi connectivity index (χ1n) is 8.42. The second-order valence-electron chi connectivity index (χ2n) is 6.65. The van der Waals surface area contributed by atoms with Gasteiger partial charge in [0, 0.05) is 30.9 Å². The fourth-order valence-electron chi connectivity index (χ4n) is 2.67. The van der Waals surface area contributed by atoms with Gasteiger partial charge in [-0.3, -0.25) is 4.98 Å². The number of aliphatic hydroxyl groups excluding tert-OH is 1. The van der Waals surface area contributed by atoms with E-state index >= 15 is 0 Å². The summed E-state index contributed by atoms with van der Waals surface area (Å²) in [7, 11) is 1.76. The minimum Gasteiger partial charge on any atom is -0.396 e. The van der Waals surface area contributed by atoms with Crippen molar-refractivity contribution in [2.24, 2.45) is 5.41 Å². The standard InChI is InChI=1S/C20H23N3O2/c1-23(14-20(15-24)11-12-20)19(25)22-18-9-6-16(7-10-18)5-8-17-4-2-3-13-21-17/h2-10,13,24H,11-12,14-15H2,1H3,(H,22,25)/b8-5+. The Morgan fingerprint density at radius 3 is 2.60 bits per heavy atom. The molecule has 0 saturated heterocycles. The highest BCUT2D eigenvalue weighted by atomic mass is 16.3. The molecular formula is C20H23N3O2. The second-order valence-corrected chi connectivity index (χ2v) is 6.65. The summed E-state index contributed by atoms with van der Waals surface area (Å²) in [6.07, 6.45) is 7.66. The summed E-state index contributed by atoms with van der Waals surface area (Å²) < 4.78 is 0. The van der Waals surface area contributed by atoms with E-state index in [0.717, 1.165) is 29.8 Å². The number of hydrogen-bond donors (Lipinski definition) is 2. The van der Waals surface area contributed by atoms with Gasteiger partial charge in [-0.15, -0.1) is 0 Å². The van der Waals surface area contributed by atoms with Gasteiger partial charge in [0.15, 0.2) is 0 Å². The van der Waals surface area contributed by atoms with Gasteiger partial charge >= 0.3 is 6.03 Å². The van der Waals surface area contributed by atoms with Gasteiger partial charge < -0.3 is 15.3 Å². The number of anilines is 1. The van der Waals surface area contributed by atoms with Crippen molar-refractivity contribution in [1.29, 1.82) is 0 Å². The second kappa shape index (κ2) is 7.49. The molecule has 5 heteroatoms. The number of carbonyl (C=O) groups excluding carboxylic acids is 1. The average molecular weight is 337 g/mol. The van der Waals surface area contributed by atoms with Crippen LogP contribution >= 0.6 is 0 Å². The lowest BCUT2D eigenvalue weighted by Gasteiger charge is -2.22. The first kappa shape index (κ1) is 17.2. The topological polar surface area (TPSA) is 65.5 Å². The molecular weight excluding hydrogens is 314 g/mol. The predicted molar refractivity (Wildman–Crippen MR) is 100 cm³/mol. The molecule has 2 aromatic rings. The van der Waals surface area contributed by atoms with Gasteiger partial charge in [-0.1, -0.05) is 24.3 Å². The number of nitrogens with zero attached hydrogens (tertiary/aromatic N) is 2. The third-order valence-corrected chi connectivity index (χ3v) is 4.51. The third-order valence-electron chi connectivity index (χ3n) is 4.51. The van der Waals surface area contributed by atoms with Crippen LogP contribution in [0.2, 0.25) is 0 Å². The number of carbonyl (C=O) groups is 1. The molecule has 3 rings (SSSR count). The Morgan fingerprint density at radius 2 is 2.00 bits per heavy atom. The van der Waals surface area contributed by atoms with E-state index in [0.29, 0.717) is 6.54 Å². The van der Waals surface area contributed by atoms with Crippen LogP contribution in [0.4, 0.5) is 10.5 Å². The van der Waals surface area contributed by atoms with Crippen LogP contribution in [0.3, 0.4) is 0 Å². The summed E-state index contributed by atoms with van der Waals surface area (Å²) in [5.74, 6) is 0. The summed E-state index contributed by atoms with van der Waals surface area (Å²) in [6, 6.07) is 13.3. The number of urea groups is 1. The molecule has 0 bridgehead atoms. The number of aromatic nitrogens is 1. The number of amides is 2. The zero-order chi connectivity index (χ0) is 17.7. The lowest BCUT2D eigenvalue weighted by atomic mass is 10.1. The molecule has 1 aliphatic rings. The third kappa shape index (κ3) is 4.67. The SMILES string of the molecule is CN(CC1(CO)CC1)C(=O)Nc1ccc(/C=C/c2ccccn2)cc1. The Morgan fingerprint density at radius 1 is 1.24 bits per heavy atom. The van der Waals surface area contributed by atoms with Gasteiger partial charge in [0.2, 0.25) is 0 Å². The minimum atomic E-state index is -0.156. The van der Waals surface area contributed by atoms with Crippen LogP contribution in [0.25, 0.3) is 12.2 Å². The molecule has 5 nitrogen and oxygen atoms in total. The number of aliphatic hydroxyl groups is 1. The molecule has 1 aromatic carbocycles. The molecule has 0 spiro atoms. The summed E-state index contributed by atoms with van der Waals surface area (Å²) in [4.78, 5) is 18.1. The first-order valence-corrected chi connectivity index (χ1v) is 8.42. The predicted octanol–water partition coefficient (Wildman–Crippen LogP) is 3.49. The van der Waals surface area contributed by atoms with E-state index in [4.69, 9.17) is 0 Å². The van der Waals surface area contributed by atoms with Crippen molar-refractivity contribution in [1.82, 2.24) is 9.88 Å². The lowest BCUT2D eigenvalue weighted by Crippen LogP contribution is -2.37. The lowest BCUT2D eigenvalue weighted by molar-refractivity contribution is 0.168. The molecule has 0 unspecified atom stereocenters. The van der Waals surface area contributed by atoms with Gasteiger partial charge in [-0.25, -0.2) is 4.79 Å². The molecule has 25 heavy (non-hydrogen) atoms. The van der Waals surface area contributed by atoms with E-state index < -0.39 is 0 Å². The molecule has 2 amide bonds. The minimum absolute atomic E-state index is 0.0772. The van der Waals surface area contributed by atoms with Gasteiger partial charge in [-0.05, 0) is 48.7 Å². The maximum absolute atomic E-state index is 12.2. The van der Waals surface area contributed by atoms with E-state index in [9.17, 15) is 9.90 Å². The smallest absolute Gasteiger partial charge is 0.321 e. The fourth-order valence-corrected chi connectivity index (χ4v) is 2.67. The molecule has 0 aliphatic heterocycles. The number of rotatable bonds is 6. The van der Waals surface area contributed by atoms with Crippen LogP contribution < -0.4 is 5.32 Å². The summed E-state index contributed by atoms with van der Waals surface area (Å²) in [5, 5.41) is 12.3. The monoisotopic (exact) mass is 337 g/mol. The van der Waals surface area contributed by atoms with Crippen LogP contribution in [0.5, 0.6) is 0 Å². The summed E-state index contributed by atoms with van der Waals surface area (Å²) >= 11 is 0. The van der Waals surface area contributed by atoms with E-state index in [1.807, 2.05) is 54.6 Å². The summed E-state index contributed by atoms with van der Waals surface area (Å²) in [6.45, 7) is 0.724. The molecule has 1 fully saturated rings. The van der Waals surface area contributed by atoms with Gasteiger partial charge in [0.05, 0.1) is 12.3 Å². The zero-order valence-electron chi connectivity index (χ0n) is 14.4. The highest BCUT2D eigenvalue weighted by molar-refractivity contribution is 5.89. The largest absolute Gasteiger partial charge is 0.396 e. The molecule has 2 N–H and O–H groups in total. The average Bonchev–Trinajstić information content (AvgIpc) is 3.42. The Kier molecular flexibility index (Phi) is 5.14. The molecule has 1 aromatic heterocycles. The van der Waals surface area contributed by atoms with Crippen molar-refractivity contribution >= 4 is 23.9 Å². The molecule has 1 heterocycles. The number of hydrogen-bond acceptors (Lipinski definition) is 3. The first-order chi connectivity index (χ1) is 12.1. The van der Waals surface area contributed by atoms with Crippen molar-refractivity contribution in [2.45, 2.75) is 12.8 Å². The van der Waals surface area contributed by atoms with E-state index in [2.05, 4.69) is 10.3 Å². The maximum atomic E-state index is 12.2. The van der Waals surface area contributed by atoms with Crippen molar-refractivity contribution in [3.63, 3.8) is 0 Å². The van der Waals surface area contributed by atoms with Crippen molar-refractivity contribution < 1.29 is 9.90 Å². The highest BCUT2D eigenvalue weighted by Gasteiger charge is 2.43. The maximum Gasteiger partial charge on any atom is 0.321 e. The van der Waals surface area contributed by atoms with Gasteiger partial charge in [0.1, 0.15) is 0 Å². The van der Waals surface area contributed by atoms with E-state index in [1.54, 1.807) is 18.1 Å². The van der Waals surface area contributed by atoms with E-state index in [1.165, 1.54) is 0 Å². The Labute approximate surface area is 148 Å². The van der Waals surface area contributed by atoms with Crippen molar-refractivity contribution in [3.8, 4) is 0 Å². The molecule has 0 atom stereocenters. The van der Waals surface area contributed by atoms with Crippen molar-refractivity contribution in [2.75, 3.05) is 25.5 Å². The molecule has 1 aliphatic carbocycles. The number of pyridine rings is 1. The van der Waals surface area contributed by atoms with E-state index in [-0.39, 0.29) is 18.1 Å². The fraction of sp³-hybridized carbons (Fsp3) is 0.300. The summed E-state index contributed by atoms with van der Waals surface area (Å²) in [5.41, 5.74) is 2.61. The van der Waals surface area contributed by atoms with Crippen molar-refractivity contribution in [3.05, 3.63) is 59.9 Å². The Balaban J connectivity index is 1.55. The van der Waals surface area contributed by atoms with Crippen LogP contribution in [0.15, 0.2) is 48.7 Å². The normalized spacial score (nSPS) is 15.1. The number of benzene rings is 1. The molecule has 130 valence electrons. The van der Waals surface area contributed by atoms with Crippen LogP contribution in [0.1, 0.15) is 24.1 Å². The van der Waals surface area contributed by atoms with Gasteiger partial charge in [0.25, 0.3) is 0 Å². The van der Waals surface area contributed by atoms with Gasteiger partial charge in [-0.2, -0.15) is 0 Å². The quantitative estimate of drug-likeness (QED) is 0.848. The van der Waals surface area contributed by atoms with Crippen LogP contribution in [-0.2, 0) is 0 Å².